The van der Waals surface area contributed by atoms with E-state index < -0.39 is 0 Å². The number of aromatic nitrogens is 2. The summed E-state index contributed by atoms with van der Waals surface area (Å²) in [5.41, 5.74) is 2.16. The van der Waals surface area contributed by atoms with E-state index in [-0.39, 0.29) is 18.6 Å². The molecule has 3 aromatic rings. The van der Waals surface area contributed by atoms with Crippen LogP contribution in [0.1, 0.15) is 29.3 Å². The van der Waals surface area contributed by atoms with Gasteiger partial charge in [0.15, 0.2) is 11.5 Å². The Kier molecular flexibility index (Phi) is 5.51. The Morgan fingerprint density at radius 3 is 2.69 bits per heavy atom. The first kappa shape index (κ1) is 19.1. The van der Waals surface area contributed by atoms with E-state index in [0.717, 1.165) is 35.0 Å². The number of carbonyl (C=O) groups is 1. The number of ether oxygens (including phenoxy) is 2. The van der Waals surface area contributed by atoms with Crippen LogP contribution in [0.15, 0.2) is 60.9 Å². The second-order valence-corrected chi connectivity index (χ2v) is 7.26. The maximum Gasteiger partial charge on any atom is 0.231 e. The molecule has 0 radical (unpaired) electrons. The SMILES string of the molecule is Cc1nccn1CCN(C)C(=O)C[C@H](c1ccccc1)c1ccc2c(c1)OCO2. The summed E-state index contributed by atoms with van der Waals surface area (Å²) in [7, 11) is 1.86. The average molecular weight is 391 g/mol. The van der Waals surface area contributed by atoms with Gasteiger partial charge in [-0.3, -0.25) is 4.79 Å². The predicted octanol–water partition coefficient (Wildman–Crippen LogP) is 3.60. The summed E-state index contributed by atoms with van der Waals surface area (Å²) >= 11 is 0. The number of amides is 1. The summed E-state index contributed by atoms with van der Waals surface area (Å²) < 4.78 is 13.0. The molecule has 0 fully saturated rings. The normalized spacial score (nSPS) is 13.3. The van der Waals surface area contributed by atoms with Gasteiger partial charge in [-0.05, 0) is 30.2 Å². The Morgan fingerprint density at radius 2 is 1.93 bits per heavy atom. The number of carbonyl (C=O) groups excluding carboxylic acids is 1. The molecule has 1 aliphatic heterocycles. The van der Waals surface area contributed by atoms with Gasteiger partial charge in [-0.25, -0.2) is 4.98 Å². The molecule has 0 aliphatic carbocycles. The number of hydrogen-bond acceptors (Lipinski definition) is 4. The third-order valence-corrected chi connectivity index (χ3v) is 5.41. The monoisotopic (exact) mass is 391 g/mol. The van der Waals surface area contributed by atoms with Gasteiger partial charge in [0.1, 0.15) is 5.82 Å². The van der Waals surface area contributed by atoms with E-state index >= 15 is 0 Å². The van der Waals surface area contributed by atoms with Crippen molar-refractivity contribution in [3.05, 3.63) is 77.9 Å². The average Bonchev–Trinajstić information content (AvgIpc) is 3.38. The minimum absolute atomic E-state index is 0.0457. The van der Waals surface area contributed by atoms with Gasteiger partial charge in [-0.2, -0.15) is 0 Å². The van der Waals surface area contributed by atoms with Crippen molar-refractivity contribution in [3.8, 4) is 11.5 Å². The standard InChI is InChI=1S/C23H25N3O3/c1-17-24-10-11-26(17)13-12-25(2)23(27)15-20(18-6-4-3-5-7-18)19-8-9-21-22(14-19)29-16-28-21/h3-11,14,20H,12-13,15-16H2,1-2H3/t20-/m1/s1. The molecular formula is C23H25N3O3. The summed E-state index contributed by atoms with van der Waals surface area (Å²) in [6, 6.07) is 16.1. The fraction of sp³-hybridized carbons (Fsp3) is 0.304. The zero-order valence-corrected chi connectivity index (χ0v) is 16.7. The van der Waals surface area contributed by atoms with Crippen LogP contribution in [-0.2, 0) is 11.3 Å². The van der Waals surface area contributed by atoms with Crippen LogP contribution in [0.5, 0.6) is 11.5 Å². The summed E-state index contributed by atoms with van der Waals surface area (Å²) in [5.74, 6) is 2.50. The van der Waals surface area contributed by atoms with Gasteiger partial charge in [-0.1, -0.05) is 36.4 Å². The van der Waals surface area contributed by atoms with E-state index in [9.17, 15) is 4.79 Å². The minimum atomic E-state index is -0.0457. The molecule has 29 heavy (non-hydrogen) atoms. The molecule has 150 valence electrons. The summed E-state index contributed by atoms with van der Waals surface area (Å²) in [6.07, 6.45) is 4.11. The van der Waals surface area contributed by atoms with Crippen LogP contribution in [0.4, 0.5) is 0 Å². The van der Waals surface area contributed by atoms with Crippen molar-refractivity contribution in [2.24, 2.45) is 0 Å². The van der Waals surface area contributed by atoms with E-state index in [1.807, 2.05) is 56.6 Å². The van der Waals surface area contributed by atoms with Crippen molar-refractivity contribution in [3.63, 3.8) is 0 Å². The lowest BCUT2D eigenvalue weighted by Gasteiger charge is -2.23. The fourth-order valence-electron chi connectivity index (χ4n) is 3.60. The number of fused-ring (bicyclic) bond motifs is 1. The third kappa shape index (κ3) is 4.26. The zero-order chi connectivity index (χ0) is 20.2. The molecule has 2 aromatic carbocycles. The number of rotatable bonds is 7. The molecule has 0 saturated heterocycles. The molecule has 6 heteroatoms. The molecule has 2 heterocycles. The highest BCUT2D eigenvalue weighted by Gasteiger charge is 2.23. The molecule has 6 nitrogen and oxygen atoms in total. The van der Waals surface area contributed by atoms with Gasteiger partial charge in [0.25, 0.3) is 0 Å². The lowest BCUT2D eigenvalue weighted by atomic mass is 9.88. The molecule has 0 spiro atoms. The van der Waals surface area contributed by atoms with Gasteiger partial charge in [-0.15, -0.1) is 0 Å². The number of likely N-dealkylation sites (N-methyl/N-ethyl adjacent to an activating group) is 1. The lowest BCUT2D eigenvalue weighted by molar-refractivity contribution is -0.130. The third-order valence-electron chi connectivity index (χ3n) is 5.41. The van der Waals surface area contributed by atoms with E-state index in [2.05, 4.69) is 21.7 Å². The highest BCUT2D eigenvalue weighted by atomic mass is 16.7. The second-order valence-electron chi connectivity index (χ2n) is 7.26. The van der Waals surface area contributed by atoms with Crippen LogP contribution in [0.3, 0.4) is 0 Å². The number of aryl methyl sites for hydroxylation is 1. The topological polar surface area (TPSA) is 56.6 Å². The molecule has 1 aromatic heterocycles. The molecular weight excluding hydrogens is 366 g/mol. The molecule has 1 atom stereocenters. The summed E-state index contributed by atoms with van der Waals surface area (Å²) in [6.45, 7) is 3.57. The van der Waals surface area contributed by atoms with Crippen molar-refractivity contribution >= 4 is 5.91 Å². The largest absolute Gasteiger partial charge is 0.454 e. The van der Waals surface area contributed by atoms with Crippen LogP contribution in [0.25, 0.3) is 0 Å². The first-order valence-corrected chi connectivity index (χ1v) is 9.78. The van der Waals surface area contributed by atoms with Crippen LogP contribution >= 0.6 is 0 Å². The second kappa shape index (κ2) is 8.39. The van der Waals surface area contributed by atoms with Gasteiger partial charge in [0.2, 0.25) is 12.7 Å². The summed E-state index contributed by atoms with van der Waals surface area (Å²) in [5, 5.41) is 0. The van der Waals surface area contributed by atoms with Crippen LogP contribution in [-0.4, -0.2) is 40.7 Å². The highest BCUT2D eigenvalue weighted by molar-refractivity contribution is 5.77. The van der Waals surface area contributed by atoms with Crippen molar-refractivity contribution in [1.82, 2.24) is 14.5 Å². The van der Waals surface area contributed by atoms with Gasteiger partial charge < -0.3 is 18.9 Å². The van der Waals surface area contributed by atoms with E-state index in [1.54, 1.807) is 11.1 Å². The zero-order valence-electron chi connectivity index (χ0n) is 16.7. The Morgan fingerprint density at radius 1 is 1.14 bits per heavy atom. The molecule has 0 saturated carbocycles. The first-order valence-electron chi connectivity index (χ1n) is 9.78. The molecule has 0 N–H and O–H groups in total. The molecule has 4 rings (SSSR count). The molecule has 0 unspecified atom stereocenters. The van der Waals surface area contributed by atoms with Crippen molar-refractivity contribution in [2.45, 2.75) is 25.8 Å². The van der Waals surface area contributed by atoms with E-state index in [1.165, 1.54) is 0 Å². The predicted molar refractivity (Wildman–Crippen MR) is 110 cm³/mol. The minimum Gasteiger partial charge on any atom is -0.454 e. The van der Waals surface area contributed by atoms with Crippen LogP contribution in [0, 0.1) is 6.92 Å². The van der Waals surface area contributed by atoms with Crippen LogP contribution < -0.4 is 9.47 Å². The van der Waals surface area contributed by atoms with E-state index in [0.29, 0.717) is 13.0 Å². The fourth-order valence-corrected chi connectivity index (χ4v) is 3.60. The van der Waals surface area contributed by atoms with Crippen molar-refractivity contribution < 1.29 is 14.3 Å². The molecule has 1 aliphatic rings. The van der Waals surface area contributed by atoms with Gasteiger partial charge >= 0.3 is 0 Å². The molecule has 0 bridgehead atoms. The Hall–Kier alpha value is -3.28. The quantitative estimate of drug-likeness (QED) is 0.618. The Labute approximate surface area is 170 Å². The summed E-state index contributed by atoms with van der Waals surface area (Å²) in [4.78, 5) is 19.1. The maximum atomic E-state index is 13.0. The Balaban J connectivity index is 1.51. The number of imidazole rings is 1. The lowest BCUT2D eigenvalue weighted by Crippen LogP contribution is -2.31. The van der Waals surface area contributed by atoms with Gasteiger partial charge in [0.05, 0.1) is 0 Å². The van der Waals surface area contributed by atoms with Crippen LogP contribution in [0.2, 0.25) is 0 Å². The number of hydrogen-bond donors (Lipinski definition) is 0. The van der Waals surface area contributed by atoms with Gasteiger partial charge in [0, 0.05) is 44.9 Å². The number of benzene rings is 2. The highest BCUT2D eigenvalue weighted by Crippen LogP contribution is 2.37. The maximum absolute atomic E-state index is 13.0. The van der Waals surface area contributed by atoms with E-state index in [4.69, 9.17) is 9.47 Å². The van der Waals surface area contributed by atoms with Crippen molar-refractivity contribution in [2.75, 3.05) is 20.4 Å². The first-order chi connectivity index (χ1) is 14.1. The molecule has 1 amide bonds. The number of nitrogens with zero attached hydrogens (tertiary/aromatic N) is 3. The smallest absolute Gasteiger partial charge is 0.231 e. The Bertz CT molecular complexity index is 984. The van der Waals surface area contributed by atoms with Crippen molar-refractivity contribution in [1.29, 1.82) is 0 Å².